The highest BCUT2D eigenvalue weighted by molar-refractivity contribution is 5.91. The van der Waals surface area contributed by atoms with Crippen molar-refractivity contribution in [3.05, 3.63) is 65.5 Å². The van der Waals surface area contributed by atoms with Crippen LogP contribution in [0.25, 0.3) is 11.0 Å². The number of amides is 1. The molecule has 2 heterocycles. The third kappa shape index (κ3) is 4.58. The van der Waals surface area contributed by atoms with Crippen molar-refractivity contribution in [1.29, 1.82) is 0 Å². The summed E-state index contributed by atoms with van der Waals surface area (Å²) in [5.74, 6) is -0.235. The summed E-state index contributed by atoms with van der Waals surface area (Å²) in [4.78, 5) is 19.1. The molecule has 0 bridgehead atoms. The van der Waals surface area contributed by atoms with Gasteiger partial charge in [-0.15, -0.1) is 0 Å². The minimum Gasteiger partial charge on any atom is -0.337 e. The van der Waals surface area contributed by atoms with Gasteiger partial charge in [0.1, 0.15) is 6.33 Å². The topological polar surface area (TPSA) is 50.2 Å². The molecular weight excluding hydrogens is 405 g/mol. The Labute approximate surface area is 178 Å². The van der Waals surface area contributed by atoms with E-state index in [2.05, 4.69) is 15.2 Å². The molecule has 1 amide bonds. The minimum atomic E-state index is -4.46. The Balaban J connectivity index is 1.61. The number of alkyl halides is 3. The number of nitrogens with zero attached hydrogens (tertiary/aromatic N) is 3. The van der Waals surface area contributed by atoms with Gasteiger partial charge in [0.05, 0.1) is 16.6 Å². The van der Waals surface area contributed by atoms with Crippen LogP contribution in [0.15, 0.2) is 48.8 Å². The molecule has 0 unspecified atom stereocenters. The SMILES string of the molecule is CN1CCC(c2c(C(F)(F)F)ccc3c2ncn3C(=O)NCCc2ccccc2)CC1. The fourth-order valence-corrected chi connectivity index (χ4v) is 4.27. The summed E-state index contributed by atoms with van der Waals surface area (Å²) < 4.78 is 42.6. The van der Waals surface area contributed by atoms with Gasteiger partial charge in [-0.25, -0.2) is 9.78 Å². The Morgan fingerprint density at radius 1 is 1.13 bits per heavy atom. The number of fused-ring (bicyclic) bond motifs is 1. The third-order valence-corrected chi connectivity index (χ3v) is 5.94. The van der Waals surface area contributed by atoms with E-state index < -0.39 is 17.8 Å². The normalized spacial score (nSPS) is 16.0. The first-order valence-corrected chi connectivity index (χ1v) is 10.4. The van der Waals surface area contributed by atoms with Crippen molar-refractivity contribution >= 4 is 17.1 Å². The van der Waals surface area contributed by atoms with Gasteiger partial charge in [-0.05, 0) is 68.6 Å². The number of benzene rings is 2. The van der Waals surface area contributed by atoms with Gasteiger partial charge in [0.2, 0.25) is 0 Å². The Hall–Kier alpha value is -2.87. The van der Waals surface area contributed by atoms with Gasteiger partial charge in [0.25, 0.3) is 0 Å². The monoisotopic (exact) mass is 430 g/mol. The number of rotatable bonds is 4. The molecule has 0 saturated carbocycles. The van der Waals surface area contributed by atoms with E-state index >= 15 is 0 Å². The molecule has 164 valence electrons. The number of hydrogen-bond acceptors (Lipinski definition) is 3. The Bertz CT molecular complexity index is 1050. The number of halogens is 3. The number of aromatic nitrogens is 2. The smallest absolute Gasteiger partial charge is 0.337 e. The van der Waals surface area contributed by atoms with E-state index in [1.807, 2.05) is 37.4 Å². The first-order chi connectivity index (χ1) is 14.8. The first-order valence-electron chi connectivity index (χ1n) is 10.4. The Kier molecular flexibility index (Phi) is 6.00. The van der Waals surface area contributed by atoms with Crippen LogP contribution >= 0.6 is 0 Å². The van der Waals surface area contributed by atoms with Crippen LogP contribution in [0.5, 0.6) is 0 Å². The summed E-state index contributed by atoms with van der Waals surface area (Å²) in [7, 11) is 1.97. The summed E-state index contributed by atoms with van der Waals surface area (Å²) in [5.41, 5.74) is 1.33. The van der Waals surface area contributed by atoms with E-state index in [-0.39, 0.29) is 17.0 Å². The summed E-state index contributed by atoms with van der Waals surface area (Å²) in [5, 5.41) is 2.83. The van der Waals surface area contributed by atoms with Gasteiger partial charge < -0.3 is 10.2 Å². The number of hydrogen-bond donors (Lipinski definition) is 1. The number of likely N-dealkylation sites (tertiary alicyclic amines) is 1. The molecule has 3 aromatic rings. The second kappa shape index (κ2) is 8.70. The fourth-order valence-electron chi connectivity index (χ4n) is 4.27. The van der Waals surface area contributed by atoms with Crippen LogP contribution in [-0.4, -0.2) is 47.2 Å². The van der Waals surface area contributed by atoms with Gasteiger partial charge in [-0.1, -0.05) is 30.3 Å². The predicted octanol–water partition coefficient (Wildman–Crippen LogP) is 4.66. The van der Waals surface area contributed by atoms with Crippen LogP contribution in [0.2, 0.25) is 0 Å². The Morgan fingerprint density at radius 3 is 2.52 bits per heavy atom. The molecule has 2 aromatic carbocycles. The number of carbonyl (C=O) groups is 1. The molecule has 1 fully saturated rings. The van der Waals surface area contributed by atoms with Gasteiger partial charge in [-0.2, -0.15) is 13.2 Å². The molecule has 1 aliphatic heterocycles. The van der Waals surface area contributed by atoms with Crippen LogP contribution in [0, 0.1) is 0 Å². The number of imidazole rings is 1. The zero-order chi connectivity index (χ0) is 22.0. The summed E-state index contributed by atoms with van der Waals surface area (Å²) in [6.45, 7) is 1.89. The maximum Gasteiger partial charge on any atom is 0.416 e. The maximum atomic E-state index is 13.8. The van der Waals surface area contributed by atoms with Gasteiger partial charge in [-0.3, -0.25) is 4.57 Å². The van der Waals surface area contributed by atoms with E-state index in [9.17, 15) is 18.0 Å². The third-order valence-electron chi connectivity index (χ3n) is 5.94. The van der Waals surface area contributed by atoms with Crippen molar-refractivity contribution < 1.29 is 18.0 Å². The number of carbonyl (C=O) groups excluding carboxylic acids is 1. The minimum absolute atomic E-state index is 0.217. The lowest BCUT2D eigenvalue weighted by atomic mass is 9.85. The van der Waals surface area contributed by atoms with Crippen LogP contribution in [0.1, 0.15) is 35.4 Å². The highest BCUT2D eigenvalue weighted by Crippen LogP contribution is 2.41. The lowest BCUT2D eigenvalue weighted by Gasteiger charge is -2.30. The largest absolute Gasteiger partial charge is 0.416 e. The zero-order valence-electron chi connectivity index (χ0n) is 17.3. The van der Waals surface area contributed by atoms with Gasteiger partial charge >= 0.3 is 12.2 Å². The molecule has 0 spiro atoms. The molecule has 1 aromatic heterocycles. The molecule has 8 heteroatoms. The van der Waals surface area contributed by atoms with E-state index in [0.29, 0.717) is 31.3 Å². The van der Waals surface area contributed by atoms with Crippen LogP contribution in [0.4, 0.5) is 18.0 Å². The molecule has 0 atom stereocenters. The van der Waals surface area contributed by atoms with Crippen LogP contribution < -0.4 is 5.32 Å². The highest BCUT2D eigenvalue weighted by atomic mass is 19.4. The molecular formula is C23H25F3N4O. The fraction of sp³-hybridized carbons (Fsp3) is 0.391. The van der Waals surface area contributed by atoms with Gasteiger partial charge in [0.15, 0.2) is 0 Å². The standard InChI is InChI=1S/C23H25F3N4O/c1-29-13-10-17(11-14-29)20-18(23(24,25)26)7-8-19-21(20)28-15-30(19)22(31)27-12-9-16-5-3-2-4-6-16/h2-8,15,17H,9-14H2,1H3,(H,27,31). The second-order valence-electron chi connectivity index (χ2n) is 8.05. The van der Waals surface area contributed by atoms with Crippen molar-refractivity contribution in [2.75, 3.05) is 26.7 Å². The molecule has 1 aliphatic rings. The molecule has 0 radical (unpaired) electrons. The predicted molar refractivity (Wildman–Crippen MR) is 113 cm³/mol. The quantitative estimate of drug-likeness (QED) is 0.655. The maximum absolute atomic E-state index is 13.8. The van der Waals surface area contributed by atoms with E-state index in [1.54, 1.807) is 0 Å². The van der Waals surface area contributed by atoms with Crippen molar-refractivity contribution in [2.24, 2.45) is 0 Å². The lowest BCUT2D eigenvalue weighted by molar-refractivity contribution is -0.138. The number of piperidine rings is 1. The molecule has 1 N–H and O–H groups in total. The molecule has 31 heavy (non-hydrogen) atoms. The summed E-state index contributed by atoms with van der Waals surface area (Å²) in [6.07, 6.45) is -1.21. The van der Waals surface area contributed by atoms with E-state index in [0.717, 1.165) is 24.7 Å². The first kappa shape index (κ1) is 21.4. The van der Waals surface area contributed by atoms with Crippen molar-refractivity contribution in [1.82, 2.24) is 19.8 Å². The number of nitrogens with one attached hydrogen (secondary N) is 1. The van der Waals surface area contributed by atoms with Crippen LogP contribution in [-0.2, 0) is 12.6 Å². The van der Waals surface area contributed by atoms with Crippen LogP contribution in [0.3, 0.4) is 0 Å². The second-order valence-corrected chi connectivity index (χ2v) is 8.05. The van der Waals surface area contributed by atoms with E-state index in [1.165, 1.54) is 17.0 Å². The molecule has 5 nitrogen and oxygen atoms in total. The summed E-state index contributed by atoms with van der Waals surface area (Å²) in [6, 6.07) is 11.8. The average molecular weight is 430 g/mol. The Morgan fingerprint density at radius 2 is 1.84 bits per heavy atom. The van der Waals surface area contributed by atoms with Crippen molar-refractivity contribution in [2.45, 2.75) is 31.4 Å². The molecule has 1 saturated heterocycles. The highest BCUT2D eigenvalue weighted by Gasteiger charge is 2.37. The molecule has 4 rings (SSSR count). The molecule has 0 aliphatic carbocycles. The van der Waals surface area contributed by atoms with Gasteiger partial charge in [0, 0.05) is 6.54 Å². The zero-order valence-corrected chi connectivity index (χ0v) is 17.3. The lowest BCUT2D eigenvalue weighted by Crippen LogP contribution is -2.30. The van der Waals surface area contributed by atoms with E-state index in [4.69, 9.17) is 0 Å². The van der Waals surface area contributed by atoms with Crippen molar-refractivity contribution in [3.8, 4) is 0 Å². The average Bonchev–Trinajstić information content (AvgIpc) is 3.18. The van der Waals surface area contributed by atoms with Crippen molar-refractivity contribution in [3.63, 3.8) is 0 Å². The summed E-state index contributed by atoms with van der Waals surface area (Å²) >= 11 is 0.